The number of hydrogen-bond donors (Lipinski definition) is 0. The number of aromatic nitrogens is 1. The fourth-order valence-corrected chi connectivity index (χ4v) is 4.86. The van der Waals surface area contributed by atoms with Crippen LogP contribution < -0.4 is 0 Å². The average Bonchev–Trinajstić information content (AvgIpc) is 2.49. The summed E-state index contributed by atoms with van der Waals surface area (Å²) in [6.45, 7) is 3.20. The van der Waals surface area contributed by atoms with Crippen molar-refractivity contribution in [1.82, 2.24) is 4.98 Å². The van der Waals surface area contributed by atoms with Crippen LogP contribution in [0.3, 0.4) is 0 Å². The van der Waals surface area contributed by atoms with Crippen molar-refractivity contribution in [2.24, 2.45) is 0 Å². The first kappa shape index (κ1) is 18.9. The third-order valence-electron chi connectivity index (χ3n) is 3.45. The van der Waals surface area contributed by atoms with Gasteiger partial charge in [0, 0.05) is 6.20 Å². The molecule has 24 heavy (non-hydrogen) atoms. The molecule has 1 aromatic heterocycles. The Labute approximate surface area is 147 Å². The lowest BCUT2D eigenvalue weighted by molar-refractivity contribution is 0.587. The highest BCUT2D eigenvalue weighted by Crippen LogP contribution is 2.20. The lowest BCUT2D eigenvalue weighted by atomic mass is 10.2. The van der Waals surface area contributed by atoms with Gasteiger partial charge in [-0.05, 0) is 43.7 Å². The van der Waals surface area contributed by atoms with Gasteiger partial charge >= 0.3 is 0 Å². The number of pyridine rings is 1. The summed E-state index contributed by atoms with van der Waals surface area (Å²) >= 11 is 5.94. The molecule has 2 aromatic rings. The summed E-state index contributed by atoms with van der Waals surface area (Å²) in [6.07, 6.45) is 1.49. The molecule has 0 aliphatic carbocycles. The second-order valence-corrected chi connectivity index (χ2v) is 10.7. The van der Waals surface area contributed by atoms with Crippen LogP contribution in [0, 0.1) is 0 Å². The Bertz CT molecular complexity index is 921. The topological polar surface area (TPSA) is 81.2 Å². The van der Waals surface area contributed by atoms with Crippen LogP contribution in [0.4, 0.5) is 0 Å². The third kappa shape index (κ3) is 4.55. The molecule has 130 valence electrons. The van der Waals surface area contributed by atoms with Gasteiger partial charge < -0.3 is 0 Å². The summed E-state index contributed by atoms with van der Waals surface area (Å²) in [5.41, 5.74) is 0.822. The fraction of sp³-hybridized carbons (Fsp3) is 0.312. The summed E-state index contributed by atoms with van der Waals surface area (Å²) in [7, 11) is -6.84. The van der Waals surface area contributed by atoms with E-state index in [1.54, 1.807) is 26.0 Å². The molecule has 0 bridgehead atoms. The largest absolute Gasteiger partial charge is 0.259 e. The molecule has 0 atom stereocenters. The third-order valence-corrected chi connectivity index (χ3v) is 7.45. The van der Waals surface area contributed by atoms with Crippen LogP contribution in [0.1, 0.15) is 25.1 Å². The fourth-order valence-electron chi connectivity index (χ4n) is 2.09. The Morgan fingerprint density at radius 2 is 1.62 bits per heavy atom. The highest BCUT2D eigenvalue weighted by molar-refractivity contribution is 7.92. The monoisotopic (exact) mass is 387 g/mol. The second kappa shape index (κ2) is 7.21. The molecule has 0 aliphatic heterocycles. The maximum absolute atomic E-state index is 12.3. The summed E-state index contributed by atoms with van der Waals surface area (Å²) in [6, 6.07) is 9.14. The lowest BCUT2D eigenvalue weighted by Gasteiger charge is -2.09. The quantitative estimate of drug-likeness (QED) is 0.760. The minimum atomic E-state index is -3.47. The van der Waals surface area contributed by atoms with Crippen LogP contribution in [0.15, 0.2) is 47.5 Å². The molecular weight excluding hydrogens is 370 g/mol. The Hall–Kier alpha value is -1.44. The van der Waals surface area contributed by atoms with Gasteiger partial charge in [0.05, 0.1) is 32.4 Å². The van der Waals surface area contributed by atoms with Crippen LogP contribution in [0.25, 0.3) is 0 Å². The molecule has 2 rings (SSSR count). The van der Waals surface area contributed by atoms with Gasteiger partial charge in [0.15, 0.2) is 19.7 Å². The van der Waals surface area contributed by atoms with Crippen LogP contribution in [-0.2, 0) is 31.2 Å². The zero-order chi connectivity index (χ0) is 18.0. The van der Waals surface area contributed by atoms with Crippen molar-refractivity contribution in [3.05, 3.63) is 58.9 Å². The van der Waals surface area contributed by atoms with E-state index >= 15 is 0 Å². The number of halogens is 1. The van der Waals surface area contributed by atoms with Crippen molar-refractivity contribution < 1.29 is 16.8 Å². The molecule has 5 nitrogen and oxygen atoms in total. The molecule has 8 heteroatoms. The average molecular weight is 388 g/mol. The molecule has 0 saturated carbocycles. The number of benzene rings is 1. The molecule has 1 aromatic carbocycles. The van der Waals surface area contributed by atoms with Gasteiger partial charge in [0.2, 0.25) is 0 Å². The predicted octanol–water partition coefficient (Wildman–Crippen LogP) is 3.03. The number of rotatable bonds is 6. The van der Waals surface area contributed by atoms with E-state index < -0.39 is 24.9 Å². The van der Waals surface area contributed by atoms with Gasteiger partial charge in [0.1, 0.15) is 0 Å². The highest BCUT2D eigenvalue weighted by Gasteiger charge is 2.20. The maximum Gasteiger partial charge on any atom is 0.180 e. The summed E-state index contributed by atoms with van der Waals surface area (Å²) in [5.74, 6) is -0.472. The van der Waals surface area contributed by atoms with Crippen molar-refractivity contribution in [3.8, 4) is 0 Å². The molecule has 0 amide bonds. The van der Waals surface area contributed by atoms with Gasteiger partial charge in [-0.1, -0.05) is 23.7 Å². The van der Waals surface area contributed by atoms with Crippen LogP contribution in [0.2, 0.25) is 5.02 Å². The van der Waals surface area contributed by atoms with Crippen LogP contribution in [0.5, 0.6) is 0 Å². The Kier molecular flexibility index (Phi) is 5.67. The van der Waals surface area contributed by atoms with Gasteiger partial charge in [-0.15, -0.1) is 0 Å². The summed E-state index contributed by atoms with van der Waals surface area (Å²) < 4.78 is 48.7. The smallest absolute Gasteiger partial charge is 0.180 e. The molecule has 0 spiro atoms. The number of nitrogens with zero attached hydrogens (tertiary/aromatic N) is 1. The van der Waals surface area contributed by atoms with Crippen molar-refractivity contribution in [2.75, 3.05) is 0 Å². The first-order valence-electron chi connectivity index (χ1n) is 7.24. The zero-order valence-corrected chi connectivity index (χ0v) is 15.7. The standard InChI is InChI=1S/C16H18ClNO4S2/c1-12(2)24(21,22)14-7-5-13(6-8-14)10-23(19,20)11-16-15(17)4-3-9-18-16/h3-9,12H,10-11H2,1-2H3. The minimum Gasteiger partial charge on any atom is -0.259 e. The van der Waals surface area contributed by atoms with Crippen molar-refractivity contribution in [2.45, 2.75) is 35.5 Å². The van der Waals surface area contributed by atoms with Crippen LogP contribution in [-0.4, -0.2) is 27.1 Å². The van der Waals surface area contributed by atoms with Crippen LogP contribution >= 0.6 is 11.6 Å². The summed E-state index contributed by atoms with van der Waals surface area (Å²) in [5, 5.41) is -0.224. The predicted molar refractivity (Wildman–Crippen MR) is 94.3 cm³/mol. The van der Waals surface area contributed by atoms with E-state index in [0.29, 0.717) is 16.3 Å². The molecule has 0 N–H and O–H groups in total. The number of sulfone groups is 2. The van der Waals surface area contributed by atoms with E-state index in [0.717, 1.165) is 0 Å². The SMILES string of the molecule is CC(C)S(=O)(=O)c1ccc(CS(=O)(=O)Cc2ncccc2Cl)cc1. The Balaban J connectivity index is 2.18. The van der Waals surface area contributed by atoms with Crippen molar-refractivity contribution in [1.29, 1.82) is 0 Å². The molecule has 0 fully saturated rings. The van der Waals surface area contributed by atoms with Crippen molar-refractivity contribution >= 4 is 31.3 Å². The maximum atomic E-state index is 12.3. The van der Waals surface area contributed by atoms with E-state index in [4.69, 9.17) is 11.6 Å². The Morgan fingerprint density at radius 1 is 1.00 bits per heavy atom. The van der Waals surface area contributed by atoms with Gasteiger partial charge in [-0.3, -0.25) is 4.98 Å². The first-order valence-corrected chi connectivity index (χ1v) is 11.0. The van der Waals surface area contributed by atoms with E-state index in [2.05, 4.69) is 4.98 Å². The molecular formula is C16H18ClNO4S2. The lowest BCUT2D eigenvalue weighted by Crippen LogP contribution is -2.14. The van der Waals surface area contributed by atoms with Gasteiger partial charge in [-0.2, -0.15) is 0 Å². The van der Waals surface area contributed by atoms with E-state index in [-0.39, 0.29) is 16.4 Å². The first-order chi connectivity index (χ1) is 11.1. The minimum absolute atomic E-state index is 0.186. The van der Waals surface area contributed by atoms with Gasteiger partial charge in [0.25, 0.3) is 0 Å². The van der Waals surface area contributed by atoms with E-state index in [1.807, 2.05) is 0 Å². The number of hydrogen-bond acceptors (Lipinski definition) is 5. The summed E-state index contributed by atoms with van der Waals surface area (Å²) in [4.78, 5) is 4.17. The second-order valence-electron chi connectivity index (χ2n) is 5.70. The van der Waals surface area contributed by atoms with E-state index in [9.17, 15) is 16.8 Å². The Morgan fingerprint density at radius 3 is 2.17 bits per heavy atom. The molecule has 0 saturated heterocycles. The van der Waals surface area contributed by atoms with Gasteiger partial charge in [-0.25, -0.2) is 16.8 Å². The van der Waals surface area contributed by atoms with Crippen molar-refractivity contribution in [3.63, 3.8) is 0 Å². The highest BCUT2D eigenvalue weighted by atomic mass is 35.5. The molecule has 0 unspecified atom stereocenters. The van der Waals surface area contributed by atoms with E-state index in [1.165, 1.54) is 30.5 Å². The normalized spacial score (nSPS) is 12.5. The molecule has 1 heterocycles. The zero-order valence-electron chi connectivity index (χ0n) is 13.3. The molecule has 0 radical (unpaired) electrons. The molecule has 0 aliphatic rings.